The summed E-state index contributed by atoms with van der Waals surface area (Å²) in [6.45, 7) is 1.91. The molecular weight excluding hydrogens is 244 g/mol. The number of halogens is 1. The van der Waals surface area contributed by atoms with Gasteiger partial charge in [0.1, 0.15) is 5.75 Å². The molecule has 0 radical (unpaired) electrons. The van der Waals surface area contributed by atoms with Crippen LogP contribution in [0.1, 0.15) is 15.9 Å². The van der Waals surface area contributed by atoms with E-state index in [1.54, 1.807) is 23.6 Å². The topological polar surface area (TPSA) is 26.3 Å². The van der Waals surface area contributed by atoms with Crippen LogP contribution in [-0.4, -0.2) is 5.97 Å². The Kier molecular flexibility index (Phi) is 3.27. The van der Waals surface area contributed by atoms with Crippen LogP contribution in [0, 0.1) is 6.92 Å². The van der Waals surface area contributed by atoms with Crippen molar-refractivity contribution in [3.63, 3.8) is 0 Å². The lowest BCUT2D eigenvalue weighted by molar-refractivity contribution is 0.0735. The van der Waals surface area contributed by atoms with Crippen molar-refractivity contribution in [2.24, 2.45) is 0 Å². The first-order valence-corrected chi connectivity index (χ1v) is 5.99. The third-order valence-corrected chi connectivity index (χ3v) is 3.04. The molecule has 0 saturated heterocycles. The molecule has 82 valence electrons. The van der Waals surface area contributed by atoms with E-state index in [-0.39, 0.29) is 5.97 Å². The second-order valence-electron chi connectivity index (χ2n) is 3.34. The summed E-state index contributed by atoms with van der Waals surface area (Å²) in [6, 6.07) is 7.04. The summed E-state index contributed by atoms with van der Waals surface area (Å²) < 4.78 is 5.21. The van der Waals surface area contributed by atoms with Crippen LogP contribution in [0.4, 0.5) is 0 Å². The van der Waals surface area contributed by atoms with Gasteiger partial charge in [-0.15, -0.1) is 0 Å². The van der Waals surface area contributed by atoms with E-state index in [0.29, 0.717) is 16.3 Å². The SMILES string of the molecule is Cc1ccc(Cl)c(OC(=O)c2ccsc2)c1. The number of carbonyl (C=O) groups is 1. The summed E-state index contributed by atoms with van der Waals surface area (Å²) in [4.78, 5) is 11.7. The van der Waals surface area contributed by atoms with Gasteiger partial charge < -0.3 is 4.74 Å². The zero-order valence-electron chi connectivity index (χ0n) is 8.57. The Morgan fingerprint density at radius 2 is 2.19 bits per heavy atom. The number of hydrogen-bond donors (Lipinski definition) is 0. The summed E-state index contributed by atoms with van der Waals surface area (Å²) in [5.41, 5.74) is 1.54. The average Bonchev–Trinajstić information content (AvgIpc) is 2.76. The van der Waals surface area contributed by atoms with Crippen LogP contribution in [0.2, 0.25) is 5.02 Å². The van der Waals surface area contributed by atoms with Gasteiger partial charge in [-0.1, -0.05) is 17.7 Å². The third kappa shape index (κ3) is 2.43. The molecule has 0 aliphatic heterocycles. The summed E-state index contributed by atoms with van der Waals surface area (Å²) in [6.07, 6.45) is 0. The van der Waals surface area contributed by atoms with E-state index in [0.717, 1.165) is 5.56 Å². The van der Waals surface area contributed by atoms with Crippen LogP contribution >= 0.6 is 22.9 Å². The normalized spacial score (nSPS) is 10.1. The van der Waals surface area contributed by atoms with Gasteiger partial charge in [0.15, 0.2) is 0 Å². The Balaban J connectivity index is 2.21. The van der Waals surface area contributed by atoms with Crippen LogP contribution < -0.4 is 4.74 Å². The van der Waals surface area contributed by atoms with E-state index >= 15 is 0 Å². The average molecular weight is 253 g/mol. The molecule has 4 heteroatoms. The minimum absolute atomic E-state index is 0.381. The first-order valence-electron chi connectivity index (χ1n) is 4.67. The fourth-order valence-electron chi connectivity index (χ4n) is 1.23. The first-order chi connectivity index (χ1) is 7.66. The zero-order chi connectivity index (χ0) is 11.5. The van der Waals surface area contributed by atoms with E-state index < -0.39 is 0 Å². The molecule has 2 rings (SSSR count). The van der Waals surface area contributed by atoms with Crippen LogP contribution in [0.25, 0.3) is 0 Å². The maximum Gasteiger partial charge on any atom is 0.344 e. The maximum absolute atomic E-state index is 11.7. The standard InChI is InChI=1S/C12H9ClO2S/c1-8-2-3-10(13)11(6-8)15-12(14)9-4-5-16-7-9/h2-7H,1H3. The van der Waals surface area contributed by atoms with Gasteiger partial charge in [0.25, 0.3) is 0 Å². The van der Waals surface area contributed by atoms with Gasteiger partial charge >= 0.3 is 5.97 Å². The number of aryl methyl sites for hydroxylation is 1. The van der Waals surface area contributed by atoms with Crippen LogP contribution in [0.15, 0.2) is 35.0 Å². The summed E-state index contributed by atoms with van der Waals surface area (Å²) in [7, 11) is 0. The highest BCUT2D eigenvalue weighted by Gasteiger charge is 2.11. The van der Waals surface area contributed by atoms with Crippen molar-refractivity contribution in [3.05, 3.63) is 51.2 Å². The van der Waals surface area contributed by atoms with Gasteiger partial charge in [0.2, 0.25) is 0 Å². The molecule has 2 aromatic rings. The van der Waals surface area contributed by atoms with Gasteiger partial charge in [-0.25, -0.2) is 4.79 Å². The minimum Gasteiger partial charge on any atom is -0.421 e. The highest BCUT2D eigenvalue weighted by Crippen LogP contribution is 2.26. The molecule has 2 nitrogen and oxygen atoms in total. The molecule has 16 heavy (non-hydrogen) atoms. The molecule has 0 aliphatic rings. The number of carbonyl (C=O) groups excluding carboxylic acids is 1. The van der Waals surface area contributed by atoms with Crippen molar-refractivity contribution < 1.29 is 9.53 Å². The Morgan fingerprint density at radius 3 is 2.88 bits per heavy atom. The summed E-state index contributed by atoms with van der Waals surface area (Å²) >= 11 is 7.38. The minimum atomic E-state index is -0.381. The van der Waals surface area contributed by atoms with Crippen LogP contribution in [0.5, 0.6) is 5.75 Å². The smallest absolute Gasteiger partial charge is 0.344 e. The van der Waals surface area contributed by atoms with Crippen molar-refractivity contribution in [1.29, 1.82) is 0 Å². The highest BCUT2D eigenvalue weighted by molar-refractivity contribution is 7.08. The molecule has 0 unspecified atom stereocenters. The van der Waals surface area contributed by atoms with Crippen LogP contribution in [0.3, 0.4) is 0 Å². The molecule has 0 fully saturated rings. The monoisotopic (exact) mass is 252 g/mol. The number of hydrogen-bond acceptors (Lipinski definition) is 3. The maximum atomic E-state index is 11.7. The van der Waals surface area contributed by atoms with E-state index in [4.69, 9.17) is 16.3 Å². The van der Waals surface area contributed by atoms with Crippen LogP contribution in [-0.2, 0) is 0 Å². The van der Waals surface area contributed by atoms with E-state index in [1.807, 2.05) is 18.4 Å². The van der Waals surface area contributed by atoms with Gasteiger partial charge in [0.05, 0.1) is 10.6 Å². The van der Waals surface area contributed by atoms with E-state index in [1.165, 1.54) is 11.3 Å². The van der Waals surface area contributed by atoms with Crippen molar-refractivity contribution in [1.82, 2.24) is 0 Å². The number of benzene rings is 1. The van der Waals surface area contributed by atoms with Gasteiger partial charge in [-0.2, -0.15) is 11.3 Å². The van der Waals surface area contributed by atoms with Crippen molar-refractivity contribution in [3.8, 4) is 5.75 Å². The molecular formula is C12H9ClO2S. The summed E-state index contributed by atoms with van der Waals surface area (Å²) in [5, 5.41) is 4.01. The molecule has 0 saturated carbocycles. The Labute approximate surface area is 102 Å². The first kappa shape index (κ1) is 11.2. The molecule has 1 aromatic heterocycles. The van der Waals surface area contributed by atoms with Crippen molar-refractivity contribution in [2.45, 2.75) is 6.92 Å². The second kappa shape index (κ2) is 4.68. The van der Waals surface area contributed by atoms with E-state index in [9.17, 15) is 4.79 Å². The van der Waals surface area contributed by atoms with Gasteiger partial charge in [0, 0.05) is 5.38 Å². The Hall–Kier alpha value is -1.32. The lowest BCUT2D eigenvalue weighted by Crippen LogP contribution is -2.07. The number of thiophene rings is 1. The number of ether oxygens (including phenoxy) is 1. The van der Waals surface area contributed by atoms with E-state index in [2.05, 4.69) is 0 Å². The predicted molar refractivity (Wildman–Crippen MR) is 65.5 cm³/mol. The van der Waals surface area contributed by atoms with Gasteiger partial charge in [-0.3, -0.25) is 0 Å². The predicted octanol–water partition coefficient (Wildman–Crippen LogP) is 3.93. The fraction of sp³-hybridized carbons (Fsp3) is 0.0833. The highest BCUT2D eigenvalue weighted by atomic mass is 35.5. The fourth-order valence-corrected chi connectivity index (χ4v) is 2.01. The quantitative estimate of drug-likeness (QED) is 0.598. The zero-order valence-corrected chi connectivity index (χ0v) is 10.1. The van der Waals surface area contributed by atoms with Crippen molar-refractivity contribution in [2.75, 3.05) is 0 Å². The molecule has 1 aromatic carbocycles. The molecule has 1 heterocycles. The molecule has 0 bridgehead atoms. The molecule has 0 spiro atoms. The molecule has 0 aliphatic carbocycles. The lowest BCUT2D eigenvalue weighted by Gasteiger charge is -2.05. The number of esters is 1. The Bertz CT molecular complexity index is 506. The molecule has 0 atom stereocenters. The lowest BCUT2D eigenvalue weighted by atomic mass is 10.2. The molecule has 0 amide bonds. The number of rotatable bonds is 2. The Morgan fingerprint density at radius 1 is 1.38 bits per heavy atom. The third-order valence-electron chi connectivity index (χ3n) is 2.05. The summed E-state index contributed by atoms with van der Waals surface area (Å²) in [5.74, 6) is 0.0200. The van der Waals surface area contributed by atoms with Gasteiger partial charge in [-0.05, 0) is 36.1 Å². The molecule has 0 N–H and O–H groups in total. The second-order valence-corrected chi connectivity index (χ2v) is 4.52. The van der Waals surface area contributed by atoms with Crippen molar-refractivity contribution >= 4 is 28.9 Å². The largest absolute Gasteiger partial charge is 0.421 e.